The molecule has 0 unspecified atom stereocenters. The molecule has 2 amide bonds. The molecule has 4 aromatic heterocycles. The number of benzene rings is 5. The second kappa shape index (κ2) is 17.3. The zero-order valence-electron chi connectivity index (χ0n) is 36.4. The van der Waals surface area contributed by atoms with Crippen LogP contribution in [0.1, 0.15) is 45.7 Å². The van der Waals surface area contributed by atoms with E-state index in [0.29, 0.717) is 28.2 Å². The number of fused-ring (bicyclic) bond motifs is 2. The van der Waals surface area contributed by atoms with Crippen molar-refractivity contribution < 1.29 is 9.59 Å². The first-order valence-electron chi connectivity index (χ1n) is 21.5. The molecule has 0 aliphatic carbocycles. The summed E-state index contributed by atoms with van der Waals surface area (Å²) in [4.78, 5) is 46.9. The van der Waals surface area contributed by atoms with Crippen molar-refractivity contribution >= 4 is 79.6 Å². The van der Waals surface area contributed by atoms with Gasteiger partial charge in [0, 0.05) is 104 Å². The third-order valence-corrected chi connectivity index (χ3v) is 11.5. The molecule has 0 atom stereocenters. The van der Waals surface area contributed by atoms with E-state index < -0.39 is 5.54 Å². The van der Waals surface area contributed by atoms with Crippen molar-refractivity contribution in [2.24, 2.45) is 0 Å². The first-order chi connectivity index (χ1) is 32.1. The molecule has 66 heavy (non-hydrogen) atoms. The molecule has 322 valence electrons. The first kappa shape index (κ1) is 41.1. The van der Waals surface area contributed by atoms with Gasteiger partial charge in [-0.3, -0.25) is 34.4 Å². The fraction of sp³-hybridized carbons (Fsp3) is 0.0741. The molecule has 0 bridgehead atoms. The Morgan fingerprint density at radius 3 is 1.86 bits per heavy atom. The lowest BCUT2D eigenvalue weighted by molar-refractivity contribution is 0.0980. The highest BCUT2D eigenvalue weighted by molar-refractivity contribution is 6.12. The van der Waals surface area contributed by atoms with Crippen LogP contribution >= 0.6 is 0 Å². The molecule has 5 aromatic carbocycles. The van der Waals surface area contributed by atoms with Crippen LogP contribution in [-0.2, 0) is 5.54 Å². The van der Waals surface area contributed by atoms with Gasteiger partial charge in [-0.1, -0.05) is 23.8 Å². The van der Waals surface area contributed by atoms with Gasteiger partial charge in [-0.25, -0.2) is 0 Å². The van der Waals surface area contributed by atoms with Gasteiger partial charge in [0.25, 0.3) is 11.8 Å². The minimum absolute atomic E-state index is 0.0492. The highest BCUT2D eigenvalue weighted by Crippen LogP contribution is 2.44. The number of rotatable bonds is 12. The minimum atomic E-state index is -0.602. The van der Waals surface area contributed by atoms with Gasteiger partial charge >= 0.3 is 0 Å². The molecule has 1 aliphatic rings. The Balaban J connectivity index is 0.784. The molecule has 0 saturated carbocycles. The topological polar surface area (TPSA) is 149 Å². The maximum atomic E-state index is 13.9. The number of anilines is 10. The number of nitrogens with one attached hydrogen (secondary N) is 5. The Hall–Kier alpha value is -8.90. The van der Waals surface area contributed by atoms with E-state index in [1.54, 1.807) is 43.1 Å². The molecule has 5 heterocycles. The zero-order valence-corrected chi connectivity index (χ0v) is 36.4. The molecule has 5 N–H and O–H groups in total. The SMILES string of the molecule is Cc1ccc2nccc(Nc3cccc(NC(=O)c4ccc(Nc5ccnc(-c6cc(Nc7cccc(N8C(=O)c9ccc(Nc%10ccncc%10)cc9C8(C)C)c7)ccn6)c5)cc4)c3)c2c1. The second-order valence-electron chi connectivity index (χ2n) is 16.6. The van der Waals surface area contributed by atoms with Gasteiger partial charge in [0.2, 0.25) is 0 Å². The number of hydrogen-bond donors (Lipinski definition) is 5. The third-order valence-electron chi connectivity index (χ3n) is 11.5. The predicted molar refractivity (Wildman–Crippen MR) is 265 cm³/mol. The van der Waals surface area contributed by atoms with Crippen molar-refractivity contribution in [3.63, 3.8) is 0 Å². The normalized spacial score (nSPS) is 12.7. The van der Waals surface area contributed by atoms with E-state index in [4.69, 9.17) is 0 Å². The van der Waals surface area contributed by atoms with Crippen LogP contribution in [0.5, 0.6) is 0 Å². The molecular formula is C54H44N10O2. The van der Waals surface area contributed by atoms with E-state index in [1.165, 1.54) is 0 Å². The quantitative estimate of drug-likeness (QED) is 0.0803. The third kappa shape index (κ3) is 8.58. The fourth-order valence-electron chi connectivity index (χ4n) is 8.31. The summed E-state index contributed by atoms with van der Waals surface area (Å²) >= 11 is 0. The monoisotopic (exact) mass is 864 g/mol. The maximum Gasteiger partial charge on any atom is 0.259 e. The zero-order chi connectivity index (χ0) is 45.2. The highest BCUT2D eigenvalue weighted by Gasteiger charge is 2.44. The van der Waals surface area contributed by atoms with Crippen molar-refractivity contribution in [3.05, 3.63) is 205 Å². The van der Waals surface area contributed by atoms with Crippen LogP contribution in [0.15, 0.2) is 183 Å². The molecule has 0 spiro atoms. The Labute approximate surface area is 381 Å². The summed E-state index contributed by atoms with van der Waals surface area (Å²) in [6.07, 6.45) is 8.74. The second-order valence-corrected chi connectivity index (χ2v) is 16.6. The van der Waals surface area contributed by atoms with E-state index in [0.717, 1.165) is 73.2 Å². The number of carbonyl (C=O) groups is 2. The molecule has 12 nitrogen and oxygen atoms in total. The lowest BCUT2D eigenvalue weighted by atomic mass is 9.93. The number of aromatic nitrogens is 4. The number of pyridine rings is 4. The number of carbonyl (C=O) groups excluding carboxylic acids is 2. The van der Waals surface area contributed by atoms with Crippen molar-refractivity contribution in [1.82, 2.24) is 19.9 Å². The van der Waals surface area contributed by atoms with Crippen LogP contribution in [0.25, 0.3) is 22.3 Å². The van der Waals surface area contributed by atoms with Gasteiger partial charge in [-0.05, 0) is 160 Å². The average Bonchev–Trinajstić information content (AvgIpc) is 3.53. The van der Waals surface area contributed by atoms with Crippen molar-refractivity contribution in [3.8, 4) is 11.4 Å². The molecule has 0 saturated heterocycles. The van der Waals surface area contributed by atoms with Crippen LogP contribution in [0, 0.1) is 6.92 Å². The van der Waals surface area contributed by atoms with Gasteiger partial charge in [0.15, 0.2) is 0 Å². The molecule has 12 heteroatoms. The number of aryl methyl sites for hydroxylation is 1. The van der Waals surface area contributed by atoms with E-state index in [9.17, 15) is 9.59 Å². The number of hydrogen-bond acceptors (Lipinski definition) is 10. The van der Waals surface area contributed by atoms with E-state index in [2.05, 4.69) is 79.4 Å². The summed E-state index contributed by atoms with van der Waals surface area (Å²) in [5, 5.41) is 17.9. The van der Waals surface area contributed by atoms with E-state index >= 15 is 0 Å². The summed E-state index contributed by atoms with van der Waals surface area (Å²) in [5.41, 5.74) is 13.3. The van der Waals surface area contributed by atoms with Crippen LogP contribution < -0.4 is 31.5 Å². The molecule has 10 rings (SSSR count). The standard InChI is InChI=1S/C54H44N10O2/c1-34-10-17-48-46(28-34)49(22-27-56-48)62-38-6-4-7-39(29-38)63-52(65)35-11-13-36(14-12-35)59-42-20-25-57-50(32-42)51-33-43(21-26-58-51)61-40-8-5-9-44(30-40)64-53(66)45-16-15-41(31-47(45)54(64,2)3)60-37-18-23-55-24-19-37/h4-33H,1-3H3,(H,55,60)(H,56,62)(H,57,59)(H,58,61)(H,63,65). The minimum Gasteiger partial charge on any atom is -0.355 e. The first-order valence-corrected chi connectivity index (χ1v) is 21.5. The maximum absolute atomic E-state index is 13.9. The van der Waals surface area contributed by atoms with Crippen molar-refractivity contribution in [2.75, 3.05) is 31.5 Å². The Morgan fingerprint density at radius 1 is 0.530 bits per heavy atom. The summed E-state index contributed by atoms with van der Waals surface area (Å²) < 4.78 is 0. The number of nitrogens with zero attached hydrogens (tertiary/aromatic N) is 5. The summed E-state index contributed by atoms with van der Waals surface area (Å²) in [5.74, 6) is -0.267. The van der Waals surface area contributed by atoms with Gasteiger partial charge in [0.05, 0.1) is 22.4 Å². The largest absolute Gasteiger partial charge is 0.355 e. The van der Waals surface area contributed by atoms with Gasteiger partial charge in [-0.15, -0.1) is 0 Å². The van der Waals surface area contributed by atoms with E-state index in [1.807, 2.05) is 132 Å². The number of amides is 2. The van der Waals surface area contributed by atoms with Crippen LogP contribution in [0.4, 0.5) is 56.9 Å². The van der Waals surface area contributed by atoms with Gasteiger partial charge < -0.3 is 26.6 Å². The fourth-order valence-corrected chi connectivity index (χ4v) is 8.31. The van der Waals surface area contributed by atoms with Gasteiger partial charge in [0.1, 0.15) is 0 Å². The summed E-state index contributed by atoms with van der Waals surface area (Å²) in [6.45, 7) is 6.20. The van der Waals surface area contributed by atoms with Crippen molar-refractivity contribution in [2.45, 2.75) is 26.3 Å². The Bertz CT molecular complexity index is 3280. The Morgan fingerprint density at radius 2 is 1.12 bits per heavy atom. The van der Waals surface area contributed by atoms with Crippen LogP contribution in [0.2, 0.25) is 0 Å². The summed E-state index contributed by atoms with van der Waals surface area (Å²) in [6, 6.07) is 48.3. The molecule has 9 aromatic rings. The predicted octanol–water partition coefficient (Wildman–Crippen LogP) is 12.5. The Kier molecular flexibility index (Phi) is 10.8. The lowest BCUT2D eigenvalue weighted by Gasteiger charge is -2.33. The summed E-state index contributed by atoms with van der Waals surface area (Å²) in [7, 11) is 0. The molecule has 0 fully saturated rings. The molecule has 0 radical (unpaired) electrons. The van der Waals surface area contributed by atoms with Crippen molar-refractivity contribution in [1.29, 1.82) is 0 Å². The smallest absolute Gasteiger partial charge is 0.259 e. The average molecular weight is 865 g/mol. The van der Waals surface area contributed by atoms with Gasteiger partial charge in [-0.2, -0.15) is 0 Å². The lowest BCUT2D eigenvalue weighted by Crippen LogP contribution is -2.39. The van der Waals surface area contributed by atoms with Crippen LogP contribution in [0.3, 0.4) is 0 Å². The molecular weight excluding hydrogens is 821 g/mol. The molecule has 1 aliphatic heterocycles. The highest BCUT2D eigenvalue weighted by atomic mass is 16.2. The van der Waals surface area contributed by atoms with Crippen LogP contribution in [-0.4, -0.2) is 31.8 Å². The van der Waals surface area contributed by atoms with E-state index in [-0.39, 0.29) is 11.8 Å².